The van der Waals surface area contributed by atoms with Crippen molar-refractivity contribution in [2.24, 2.45) is 0 Å². The standard InChI is InChI=1S/C33H35N3O2/c1-32(2)14-15-33(3,4)28-18-26-24(17-27(28)32)12-13-25-29(22-8-10-23(11-9-22)31(37)38-5)35-36(30(25)26)20-21-7-6-16-34-19-21/h6-11,16-19H,12-15,20H2,1-5H3. The first-order chi connectivity index (χ1) is 18.2. The number of ether oxygens (including phenoxy) is 1. The van der Waals surface area contributed by atoms with E-state index in [0.29, 0.717) is 12.1 Å². The first kappa shape index (κ1) is 24.6. The highest BCUT2D eigenvalue weighted by molar-refractivity contribution is 5.90. The second-order valence-corrected chi connectivity index (χ2v) is 12.1. The average Bonchev–Trinajstić information content (AvgIpc) is 3.29. The van der Waals surface area contributed by atoms with Crippen molar-refractivity contribution in [3.63, 3.8) is 0 Å². The van der Waals surface area contributed by atoms with Crippen molar-refractivity contribution in [3.8, 4) is 22.5 Å². The number of aryl methyl sites for hydroxylation is 1. The molecule has 0 N–H and O–H groups in total. The van der Waals surface area contributed by atoms with Crippen LogP contribution in [0, 0.1) is 0 Å². The summed E-state index contributed by atoms with van der Waals surface area (Å²) in [5.41, 5.74) is 12.2. The maximum absolute atomic E-state index is 12.0. The fraction of sp³-hybridized carbons (Fsp3) is 0.364. The van der Waals surface area contributed by atoms with Crippen LogP contribution < -0.4 is 0 Å². The molecule has 0 amide bonds. The monoisotopic (exact) mass is 505 g/mol. The van der Waals surface area contributed by atoms with Crippen molar-refractivity contribution in [2.45, 2.75) is 70.8 Å². The van der Waals surface area contributed by atoms with Gasteiger partial charge in [-0.25, -0.2) is 4.79 Å². The Morgan fingerprint density at radius 1 is 0.974 bits per heavy atom. The smallest absolute Gasteiger partial charge is 0.337 e. The van der Waals surface area contributed by atoms with Crippen molar-refractivity contribution >= 4 is 5.97 Å². The number of hydrogen-bond acceptors (Lipinski definition) is 4. The number of hydrogen-bond donors (Lipinski definition) is 0. The molecule has 4 aromatic rings. The van der Waals surface area contributed by atoms with E-state index in [1.807, 2.05) is 42.7 Å². The molecule has 6 rings (SSSR count). The fourth-order valence-corrected chi connectivity index (χ4v) is 6.28. The molecule has 2 aromatic carbocycles. The Morgan fingerprint density at radius 2 is 1.68 bits per heavy atom. The summed E-state index contributed by atoms with van der Waals surface area (Å²) in [7, 11) is 1.41. The van der Waals surface area contributed by atoms with Crippen LogP contribution in [0.15, 0.2) is 60.9 Å². The van der Waals surface area contributed by atoms with Gasteiger partial charge in [0.05, 0.1) is 30.6 Å². The third-order valence-electron chi connectivity index (χ3n) is 8.66. The van der Waals surface area contributed by atoms with Crippen LogP contribution in [-0.4, -0.2) is 27.8 Å². The van der Waals surface area contributed by atoms with E-state index in [1.54, 1.807) is 0 Å². The third-order valence-corrected chi connectivity index (χ3v) is 8.66. The largest absolute Gasteiger partial charge is 0.465 e. The molecule has 0 bridgehead atoms. The predicted octanol–water partition coefficient (Wildman–Crippen LogP) is 6.89. The summed E-state index contributed by atoms with van der Waals surface area (Å²) in [6.07, 6.45) is 8.06. The summed E-state index contributed by atoms with van der Waals surface area (Å²) in [6.45, 7) is 10.2. The number of carbonyl (C=O) groups is 1. The molecule has 5 heteroatoms. The number of nitrogens with zero attached hydrogens (tertiary/aromatic N) is 3. The molecule has 38 heavy (non-hydrogen) atoms. The maximum Gasteiger partial charge on any atom is 0.337 e. The van der Waals surface area contributed by atoms with Gasteiger partial charge in [-0.15, -0.1) is 0 Å². The molecular formula is C33H35N3O2. The molecule has 0 saturated heterocycles. The van der Waals surface area contributed by atoms with E-state index in [-0.39, 0.29) is 16.8 Å². The first-order valence-electron chi connectivity index (χ1n) is 13.5. The molecule has 2 heterocycles. The highest BCUT2D eigenvalue weighted by Gasteiger charge is 2.39. The highest BCUT2D eigenvalue weighted by atomic mass is 16.5. The van der Waals surface area contributed by atoms with E-state index >= 15 is 0 Å². The zero-order valence-electron chi connectivity index (χ0n) is 23.0. The summed E-state index contributed by atoms with van der Waals surface area (Å²) in [6, 6.07) is 16.7. The van der Waals surface area contributed by atoms with E-state index in [4.69, 9.17) is 9.84 Å². The third kappa shape index (κ3) is 4.05. The van der Waals surface area contributed by atoms with Crippen LogP contribution >= 0.6 is 0 Å². The molecule has 2 aliphatic rings. The van der Waals surface area contributed by atoms with Gasteiger partial charge in [0.15, 0.2) is 0 Å². The van der Waals surface area contributed by atoms with Crippen LogP contribution in [0.1, 0.15) is 78.7 Å². The number of pyridine rings is 1. The van der Waals surface area contributed by atoms with E-state index in [0.717, 1.165) is 29.7 Å². The molecule has 0 unspecified atom stereocenters. The van der Waals surface area contributed by atoms with Gasteiger partial charge in [-0.2, -0.15) is 5.10 Å². The molecule has 5 nitrogen and oxygen atoms in total. The molecule has 0 aliphatic heterocycles. The Kier molecular flexibility index (Phi) is 5.78. The Morgan fingerprint density at radius 3 is 2.34 bits per heavy atom. The number of carbonyl (C=O) groups excluding carboxylic acids is 1. The lowest BCUT2D eigenvalue weighted by Gasteiger charge is -2.43. The molecule has 0 spiro atoms. The van der Waals surface area contributed by atoms with Gasteiger partial charge in [-0.3, -0.25) is 9.67 Å². The van der Waals surface area contributed by atoms with Gasteiger partial charge >= 0.3 is 5.97 Å². The topological polar surface area (TPSA) is 57.0 Å². The quantitative estimate of drug-likeness (QED) is 0.283. The van der Waals surface area contributed by atoms with Gasteiger partial charge in [0.25, 0.3) is 0 Å². The van der Waals surface area contributed by atoms with Crippen molar-refractivity contribution in [2.75, 3.05) is 7.11 Å². The fourth-order valence-electron chi connectivity index (χ4n) is 6.28. The zero-order valence-corrected chi connectivity index (χ0v) is 23.0. The molecular weight excluding hydrogens is 470 g/mol. The van der Waals surface area contributed by atoms with Crippen LogP contribution in [0.4, 0.5) is 0 Å². The number of benzene rings is 2. The molecule has 2 aromatic heterocycles. The van der Waals surface area contributed by atoms with Crippen LogP contribution in [0.25, 0.3) is 22.5 Å². The lowest BCUT2D eigenvalue weighted by molar-refractivity contribution is 0.0600. The van der Waals surface area contributed by atoms with E-state index in [9.17, 15) is 4.79 Å². The lowest BCUT2D eigenvalue weighted by Crippen LogP contribution is -2.34. The van der Waals surface area contributed by atoms with E-state index < -0.39 is 0 Å². The maximum atomic E-state index is 12.0. The van der Waals surface area contributed by atoms with Crippen LogP contribution in [-0.2, 0) is 35.0 Å². The van der Waals surface area contributed by atoms with E-state index in [1.165, 1.54) is 53.5 Å². The molecule has 0 fully saturated rings. The van der Waals surface area contributed by atoms with Gasteiger partial charge in [-0.05, 0) is 83.0 Å². The number of rotatable bonds is 4. The molecule has 0 radical (unpaired) electrons. The molecule has 0 atom stereocenters. The first-order valence-corrected chi connectivity index (χ1v) is 13.5. The predicted molar refractivity (Wildman–Crippen MR) is 150 cm³/mol. The highest BCUT2D eigenvalue weighted by Crippen LogP contribution is 2.49. The van der Waals surface area contributed by atoms with Crippen molar-refractivity contribution in [1.29, 1.82) is 0 Å². The SMILES string of the molecule is COC(=O)c1ccc(-c2nn(Cc3cccnc3)c3c2CCc2cc4c(cc2-3)C(C)(C)CCC4(C)C)cc1. The van der Waals surface area contributed by atoms with Gasteiger partial charge in [0, 0.05) is 29.1 Å². The van der Waals surface area contributed by atoms with Crippen molar-refractivity contribution in [3.05, 3.63) is 94.3 Å². The van der Waals surface area contributed by atoms with Gasteiger partial charge in [0.2, 0.25) is 0 Å². The van der Waals surface area contributed by atoms with Crippen LogP contribution in [0.3, 0.4) is 0 Å². The van der Waals surface area contributed by atoms with Crippen LogP contribution in [0.2, 0.25) is 0 Å². The molecule has 0 saturated carbocycles. The minimum absolute atomic E-state index is 0.137. The van der Waals surface area contributed by atoms with Gasteiger partial charge in [0.1, 0.15) is 0 Å². The Balaban J connectivity index is 1.54. The Bertz CT molecular complexity index is 1530. The van der Waals surface area contributed by atoms with Gasteiger partial charge < -0.3 is 4.74 Å². The zero-order chi connectivity index (χ0) is 26.7. The normalized spacial score (nSPS) is 16.8. The summed E-state index contributed by atoms with van der Waals surface area (Å²) in [5.74, 6) is -0.329. The lowest BCUT2D eigenvalue weighted by atomic mass is 9.62. The van der Waals surface area contributed by atoms with Gasteiger partial charge in [-0.1, -0.05) is 52.0 Å². The number of methoxy groups -OCH3 is 1. The number of fused-ring (bicyclic) bond motifs is 4. The number of esters is 1. The second kappa shape index (κ2) is 8.93. The summed E-state index contributed by atoms with van der Waals surface area (Å²) >= 11 is 0. The average molecular weight is 506 g/mol. The molecule has 2 aliphatic carbocycles. The van der Waals surface area contributed by atoms with Crippen LogP contribution in [0.5, 0.6) is 0 Å². The molecule has 194 valence electrons. The summed E-state index contributed by atoms with van der Waals surface area (Å²) < 4.78 is 7.06. The summed E-state index contributed by atoms with van der Waals surface area (Å²) in [5, 5.41) is 5.20. The minimum atomic E-state index is -0.329. The Labute approximate surface area is 224 Å². The number of aromatic nitrogens is 3. The summed E-state index contributed by atoms with van der Waals surface area (Å²) in [4.78, 5) is 16.4. The van der Waals surface area contributed by atoms with Crippen molar-refractivity contribution < 1.29 is 9.53 Å². The second-order valence-electron chi connectivity index (χ2n) is 12.1. The van der Waals surface area contributed by atoms with Crippen molar-refractivity contribution in [1.82, 2.24) is 14.8 Å². The Hall–Kier alpha value is -3.73. The minimum Gasteiger partial charge on any atom is -0.465 e. The van der Waals surface area contributed by atoms with E-state index in [2.05, 4.69) is 55.6 Å².